The Labute approximate surface area is 173 Å². The number of carbonyl (C=O) groups is 2. The van der Waals surface area contributed by atoms with Crippen LogP contribution in [-0.4, -0.2) is 73.6 Å². The lowest BCUT2D eigenvalue weighted by Crippen LogP contribution is -2.49. The number of likely N-dealkylation sites (tertiary alicyclic amines) is 1. The third-order valence-electron chi connectivity index (χ3n) is 6.65. The van der Waals surface area contributed by atoms with Crippen LogP contribution in [-0.2, 0) is 14.3 Å². The van der Waals surface area contributed by atoms with E-state index in [0.717, 1.165) is 71.4 Å². The van der Waals surface area contributed by atoms with Crippen molar-refractivity contribution >= 4 is 17.5 Å². The highest BCUT2D eigenvalue weighted by molar-refractivity contribution is 5.81. The van der Waals surface area contributed by atoms with Gasteiger partial charge in [-0.25, -0.2) is 0 Å². The third kappa shape index (κ3) is 5.10. The van der Waals surface area contributed by atoms with Gasteiger partial charge in [-0.05, 0) is 50.2 Å². The molecule has 6 heteroatoms. The Morgan fingerprint density at radius 1 is 0.897 bits per heavy atom. The molecule has 0 N–H and O–H groups in total. The SMILES string of the molecule is O=C(CCC1CCN(C(=O)[C@@H]2CCCO2)CC1)N1CCN(c2ccccc2)CC1. The summed E-state index contributed by atoms with van der Waals surface area (Å²) in [6, 6.07) is 10.4. The summed E-state index contributed by atoms with van der Waals surface area (Å²) in [4.78, 5) is 31.4. The van der Waals surface area contributed by atoms with Gasteiger partial charge in [0, 0.05) is 58.0 Å². The molecule has 4 rings (SSSR count). The number of nitrogens with zero attached hydrogens (tertiary/aromatic N) is 3. The van der Waals surface area contributed by atoms with E-state index in [1.54, 1.807) is 0 Å². The number of piperazine rings is 1. The van der Waals surface area contributed by atoms with Crippen molar-refractivity contribution in [3.8, 4) is 0 Å². The monoisotopic (exact) mass is 399 g/mol. The van der Waals surface area contributed by atoms with Gasteiger partial charge in [-0.3, -0.25) is 9.59 Å². The van der Waals surface area contributed by atoms with Gasteiger partial charge >= 0.3 is 0 Å². The molecule has 158 valence electrons. The van der Waals surface area contributed by atoms with Crippen LogP contribution in [0, 0.1) is 5.92 Å². The summed E-state index contributed by atoms with van der Waals surface area (Å²) >= 11 is 0. The van der Waals surface area contributed by atoms with Crippen LogP contribution in [0.15, 0.2) is 30.3 Å². The van der Waals surface area contributed by atoms with E-state index in [1.165, 1.54) is 5.69 Å². The van der Waals surface area contributed by atoms with Crippen molar-refractivity contribution in [2.24, 2.45) is 5.92 Å². The van der Waals surface area contributed by atoms with Crippen LogP contribution in [0.2, 0.25) is 0 Å². The molecule has 0 saturated carbocycles. The van der Waals surface area contributed by atoms with Crippen LogP contribution in [0.3, 0.4) is 0 Å². The molecule has 29 heavy (non-hydrogen) atoms. The summed E-state index contributed by atoms with van der Waals surface area (Å²) in [5.74, 6) is 1.02. The molecule has 1 aromatic carbocycles. The third-order valence-corrected chi connectivity index (χ3v) is 6.65. The van der Waals surface area contributed by atoms with E-state index >= 15 is 0 Å². The van der Waals surface area contributed by atoms with Gasteiger partial charge in [-0.1, -0.05) is 18.2 Å². The average Bonchev–Trinajstić information content (AvgIpc) is 3.33. The second-order valence-corrected chi connectivity index (χ2v) is 8.51. The molecule has 0 unspecified atom stereocenters. The van der Waals surface area contributed by atoms with Crippen molar-refractivity contribution in [1.29, 1.82) is 0 Å². The summed E-state index contributed by atoms with van der Waals surface area (Å²) in [5.41, 5.74) is 1.24. The van der Waals surface area contributed by atoms with Gasteiger partial charge in [-0.2, -0.15) is 0 Å². The minimum atomic E-state index is -0.206. The van der Waals surface area contributed by atoms with Crippen molar-refractivity contribution in [3.05, 3.63) is 30.3 Å². The molecule has 3 saturated heterocycles. The normalized spacial score (nSPS) is 23.4. The maximum atomic E-state index is 12.7. The summed E-state index contributed by atoms with van der Waals surface area (Å²) in [5, 5.41) is 0. The van der Waals surface area contributed by atoms with Gasteiger partial charge in [0.25, 0.3) is 5.91 Å². The Morgan fingerprint density at radius 3 is 2.28 bits per heavy atom. The molecule has 3 heterocycles. The summed E-state index contributed by atoms with van der Waals surface area (Å²) in [6.07, 6.45) is 5.25. The number of anilines is 1. The number of rotatable bonds is 5. The number of carbonyl (C=O) groups excluding carboxylic acids is 2. The smallest absolute Gasteiger partial charge is 0.251 e. The number of ether oxygens (including phenoxy) is 1. The second-order valence-electron chi connectivity index (χ2n) is 8.51. The van der Waals surface area contributed by atoms with Gasteiger partial charge in [0.15, 0.2) is 0 Å². The number of hydrogen-bond acceptors (Lipinski definition) is 4. The second kappa shape index (κ2) is 9.61. The zero-order chi connectivity index (χ0) is 20.1. The fraction of sp³-hybridized carbons (Fsp3) is 0.652. The van der Waals surface area contributed by atoms with Gasteiger partial charge in [-0.15, -0.1) is 0 Å². The van der Waals surface area contributed by atoms with E-state index in [1.807, 2.05) is 15.9 Å². The molecule has 2 amide bonds. The highest BCUT2D eigenvalue weighted by Gasteiger charge is 2.31. The Bertz CT molecular complexity index is 674. The van der Waals surface area contributed by atoms with Crippen LogP contribution in [0.4, 0.5) is 5.69 Å². The van der Waals surface area contributed by atoms with Gasteiger partial charge < -0.3 is 19.4 Å². The zero-order valence-corrected chi connectivity index (χ0v) is 17.3. The molecule has 3 aliphatic rings. The molecule has 3 aliphatic heterocycles. The van der Waals surface area contributed by atoms with Crippen molar-refractivity contribution < 1.29 is 14.3 Å². The van der Waals surface area contributed by atoms with Crippen molar-refractivity contribution in [2.45, 2.75) is 44.6 Å². The molecule has 0 bridgehead atoms. The Kier molecular flexibility index (Phi) is 6.70. The largest absolute Gasteiger partial charge is 0.368 e. The van der Waals surface area contributed by atoms with E-state index < -0.39 is 0 Å². The molecular weight excluding hydrogens is 366 g/mol. The van der Waals surface area contributed by atoms with Crippen LogP contribution in [0.5, 0.6) is 0 Å². The lowest BCUT2D eigenvalue weighted by Gasteiger charge is -2.37. The van der Waals surface area contributed by atoms with Gasteiger partial charge in [0.1, 0.15) is 6.10 Å². The fourth-order valence-electron chi connectivity index (χ4n) is 4.76. The molecule has 6 nitrogen and oxygen atoms in total. The van der Waals surface area contributed by atoms with Crippen molar-refractivity contribution in [2.75, 3.05) is 50.8 Å². The average molecular weight is 400 g/mol. The first-order chi connectivity index (χ1) is 14.2. The number of para-hydroxylation sites is 1. The standard InChI is InChI=1S/C23H33N3O3/c27-22(25-16-14-24(15-17-25)20-5-2-1-3-6-20)9-8-19-10-12-26(13-11-19)23(28)21-7-4-18-29-21/h1-3,5-6,19,21H,4,7-18H2/t21-/m0/s1. The lowest BCUT2D eigenvalue weighted by atomic mass is 9.91. The molecular formula is C23H33N3O3. The topological polar surface area (TPSA) is 53.1 Å². The van der Waals surface area contributed by atoms with Crippen LogP contribution >= 0.6 is 0 Å². The number of benzene rings is 1. The highest BCUT2D eigenvalue weighted by atomic mass is 16.5. The maximum absolute atomic E-state index is 12.7. The highest BCUT2D eigenvalue weighted by Crippen LogP contribution is 2.25. The minimum Gasteiger partial charge on any atom is -0.368 e. The molecule has 0 aromatic heterocycles. The van der Waals surface area contributed by atoms with Gasteiger partial charge in [0.05, 0.1) is 0 Å². The first-order valence-electron chi connectivity index (χ1n) is 11.2. The first kappa shape index (κ1) is 20.2. The van der Waals surface area contributed by atoms with E-state index in [4.69, 9.17) is 4.74 Å². The molecule has 1 aromatic rings. The van der Waals surface area contributed by atoms with E-state index in [9.17, 15) is 9.59 Å². The van der Waals surface area contributed by atoms with Crippen LogP contribution in [0.1, 0.15) is 38.5 Å². The van der Waals surface area contributed by atoms with Crippen LogP contribution < -0.4 is 4.90 Å². The summed E-state index contributed by atoms with van der Waals surface area (Å²) in [6.45, 7) is 5.76. The molecule has 0 spiro atoms. The summed E-state index contributed by atoms with van der Waals surface area (Å²) < 4.78 is 5.53. The van der Waals surface area contributed by atoms with Crippen molar-refractivity contribution in [3.63, 3.8) is 0 Å². The van der Waals surface area contributed by atoms with Crippen LogP contribution in [0.25, 0.3) is 0 Å². The summed E-state index contributed by atoms with van der Waals surface area (Å²) in [7, 11) is 0. The number of hydrogen-bond donors (Lipinski definition) is 0. The Morgan fingerprint density at radius 2 is 1.62 bits per heavy atom. The lowest BCUT2D eigenvalue weighted by molar-refractivity contribution is -0.142. The molecule has 0 aliphatic carbocycles. The number of piperidine rings is 1. The maximum Gasteiger partial charge on any atom is 0.251 e. The quantitative estimate of drug-likeness (QED) is 0.764. The fourth-order valence-corrected chi connectivity index (χ4v) is 4.76. The van der Waals surface area contributed by atoms with Crippen molar-refractivity contribution in [1.82, 2.24) is 9.80 Å². The van der Waals surface area contributed by atoms with Gasteiger partial charge in [0.2, 0.25) is 5.91 Å². The predicted octanol–water partition coefficient (Wildman–Crippen LogP) is 2.53. The van der Waals surface area contributed by atoms with E-state index in [2.05, 4.69) is 29.2 Å². The predicted molar refractivity (Wildman–Crippen MR) is 113 cm³/mol. The Balaban J connectivity index is 1.15. The first-order valence-corrected chi connectivity index (χ1v) is 11.2. The molecule has 0 radical (unpaired) electrons. The molecule has 1 atom stereocenters. The minimum absolute atomic E-state index is 0.174. The number of amides is 2. The van der Waals surface area contributed by atoms with E-state index in [0.29, 0.717) is 18.9 Å². The van der Waals surface area contributed by atoms with E-state index in [-0.39, 0.29) is 17.9 Å². The Hall–Kier alpha value is -2.08. The zero-order valence-electron chi connectivity index (χ0n) is 17.3. The molecule has 3 fully saturated rings.